The third-order valence-electron chi connectivity index (χ3n) is 4.22. The SMILES string of the molecule is O=C1C[C@]2(CCCNC2)C(=O)N1Cc1ccc(F)cc1. The Bertz CT molecular complexity index is 535. The summed E-state index contributed by atoms with van der Waals surface area (Å²) in [6.07, 6.45) is 1.98. The van der Waals surface area contributed by atoms with Crippen molar-refractivity contribution < 1.29 is 14.0 Å². The highest BCUT2D eigenvalue weighted by Gasteiger charge is 2.51. The molecule has 0 radical (unpaired) electrons. The van der Waals surface area contributed by atoms with Gasteiger partial charge in [-0.05, 0) is 37.1 Å². The molecule has 2 aliphatic heterocycles. The predicted octanol–water partition coefficient (Wildman–Crippen LogP) is 1.45. The van der Waals surface area contributed by atoms with Gasteiger partial charge in [0, 0.05) is 13.0 Å². The number of imide groups is 1. The van der Waals surface area contributed by atoms with Crippen LogP contribution in [0.5, 0.6) is 0 Å². The van der Waals surface area contributed by atoms with Crippen LogP contribution in [0.1, 0.15) is 24.8 Å². The maximum Gasteiger partial charge on any atom is 0.237 e. The van der Waals surface area contributed by atoms with Crippen molar-refractivity contribution >= 4 is 11.8 Å². The van der Waals surface area contributed by atoms with E-state index in [-0.39, 0.29) is 24.2 Å². The highest BCUT2D eigenvalue weighted by atomic mass is 19.1. The molecule has 0 bridgehead atoms. The molecule has 4 nitrogen and oxygen atoms in total. The van der Waals surface area contributed by atoms with Gasteiger partial charge in [0.05, 0.1) is 12.0 Å². The van der Waals surface area contributed by atoms with Crippen molar-refractivity contribution in [3.63, 3.8) is 0 Å². The predicted molar refractivity (Wildman–Crippen MR) is 71.1 cm³/mol. The Labute approximate surface area is 117 Å². The average molecular weight is 276 g/mol. The number of likely N-dealkylation sites (tertiary alicyclic amines) is 1. The second-order valence-electron chi connectivity index (χ2n) is 5.65. The summed E-state index contributed by atoms with van der Waals surface area (Å²) < 4.78 is 12.9. The fraction of sp³-hybridized carbons (Fsp3) is 0.467. The monoisotopic (exact) mass is 276 g/mol. The Morgan fingerprint density at radius 2 is 2.00 bits per heavy atom. The zero-order valence-corrected chi connectivity index (χ0v) is 11.2. The molecule has 20 heavy (non-hydrogen) atoms. The molecule has 0 aromatic heterocycles. The molecular formula is C15H17FN2O2. The molecular weight excluding hydrogens is 259 g/mol. The number of benzene rings is 1. The molecule has 1 aromatic rings. The lowest BCUT2D eigenvalue weighted by Gasteiger charge is -2.31. The van der Waals surface area contributed by atoms with Gasteiger partial charge in [-0.1, -0.05) is 12.1 Å². The second kappa shape index (κ2) is 4.98. The molecule has 0 saturated carbocycles. The van der Waals surface area contributed by atoms with E-state index in [0.717, 1.165) is 24.9 Å². The van der Waals surface area contributed by atoms with E-state index in [9.17, 15) is 14.0 Å². The van der Waals surface area contributed by atoms with Gasteiger partial charge in [0.25, 0.3) is 0 Å². The van der Waals surface area contributed by atoms with Gasteiger partial charge in [-0.15, -0.1) is 0 Å². The normalized spacial score (nSPS) is 26.6. The van der Waals surface area contributed by atoms with Crippen LogP contribution < -0.4 is 5.32 Å². The molecule has 5 heteroatoms. The first kappa shape index (κ1) is 13.2. The van der Waals surface area contributed by atoms with Crippen molar-refractivity contribution in [2.24, 2.45) is 5.41 Å². The van der Waals surface area contributed by atoms with Gasteiger partial charge in [-0.2, -0.15) is 0 Å². The van der Waals surface area contributed by atoms with Gasteiger partial charge in [0.1, 0.15) is 5.82 Å². The Morgan fingerprint density at radius 3 is 2.65 bits per heavy atom. The summed E-state index contributed by atoms with van der Waals surface area (Å²) in [5.41, 5.74) is 0.226. The molecule has 3 rings (SSSR count). The zero-order valence-electron chi connectivity index (χ0n) is 11.2. The summed E-state index contributed by atoms with van der Waals surface area (Å²) in [7, 11) is 0. The minimum absolute atomic E-state index is 0.0842. The van der Waals surface area contributed by atoms with Crippen molar-refractivity contribution in [1.82, 2.24) is 10.2 Å². The van der Waals surface area contributed by atoms with Crippen molar-refractivity contribution in [2.45, 2.75) is 25.8 Å². The van der Waals surface area contributed by atoms with Crippen molar-refractivity contribution in [2.75, 3.05) is 13.1 Å². The first-order valence-electron chi connectivity index (χ1n) is 6.91. The van der Waals surface area contributed by atoms with Crippen LogP contribution >= 0.6 is 0 Å². The minimum Gasteiger partial charge on any atom is -0.316 e. The van der Waals surface area contributed by atoms with Gasteiger partial charge in [-0.3, -0.25) is 14.5 Å². The summed E-state index contributed by atoms with van der Waals surface area (Å²) in [6.45, 7) is 1.72. The van der Waals surface area contributed by atoms with E-state index >= 15 is 0 Å². The average Bonchev–Trinajstić information content (AvgIpc) is 2.67. The smallest absolute Gasteiger partial charge is 0.237 e. The first-order chi connectivity index (χ1) is 9.61. The van der Waals surface area contributed by atoms with E-state index in [1.54, 1.807) is 12.1 Å². The molecule has 2 saturated heterocycles. The third-order valence-corrected chi connectivity index (χ3v) is 4.22. The van der Waals surface area contributed by atoms with E-state index in [4.69, 9.17) is 0 Å². The van der Waals surface area contributed by atoms with Crippen LogP contribution in [0.2, 0.25) is 0 Å². The lowest BCUT2D eigenvalue weighted by molar-refractivity contribution is -0.142. The summed E-state index contributed by atoms with van der Waals surface area (Å²) in [5, 5.41) is 3.21. The Morgan fingerprint density at radius 1 is 1.25 bits per heavy atom. The van der Waals surface area contributed by atoms with Crippen LogP contribution in [0.15, 0.2) is 24.3 Å². The Kier molecular flexibility index (Phi) is 3.30. The van der Waals surface area contributed by atoms with Crippen LogP contribution in [-0.4, -0.2) is 29.8 Å². The maximum absolute atomic E-state index is 12.9. The number of rotatable bonds is 2. The van der Waals surface area contributed by atoms with Gasteiger partial charge in [-0.25, -0.2) is 4.39 Å². The maximum atomic E-state index is 12.9. The number of nitrogens with zero attached hydrogens (tertiary/aromatic N) is 1. The topological polar surface area (TPSA) is 49.4 Å². The molecule has 106 valence electrons. The summed E-state index contributed by atoms with van der Waals surface area (Å²) in [5.74, 6) is -0.525. The number of amides is 2. The first-order valence-corrected chi connectivity index (χ1v) is 6.91. The van der Waals surface area contributed by atoms with Crippen molar-refractivity contribution in [3.05, 3.63) is 35.6 Å². The number of piperidine rings is 1. The third kappa shape index (κ3) is 2.22. The van der Waals surface area contributed by atoms with E-state index in [1.807, 2.05) is 0 Å². The summed E-state index contributed by atoms with van der Waals surface area (Å²) in [6, 6.07) is 5.91. The largest absolute Gasteiger partial charge is 0.316 e. The van der Waals surface area contributed by atoms with Crippen molar-refractivity contribution in [1.29, 1.82) is 0 Å². The number of nitrogens with one attached hydrogen (secondary N) is 1. The molecule has 2 aliphatic rings. The summed E-state index contributed by atoms with van der Waals surface area (Å²) >= 11 is 0. The Hall–Kier alpha value is -1.75. The number of hydrogen-bond donors (Lipinski definition) is 1. The zero-order chi connectivity index (χ0) is 14.2. The molecule has 1 atom stereocenters. The van der Waals surface area contributed by atoms with Crippen LogP contribution in [0, 0.1) is 11.2 Å². The van der Waals surface area contributed by atoms with E-state index in [2.05, 4.69) is 5.32 Å². The molecule has 2 heterocycles. The minimum atomic E-state index is -0.546. The second-order valence-corrected chi connectivity index (χ2v) is 5.65. The molecule has 2 amide bonds. The van der Waals surface area contributed by atoms with Gasteiger partial charge in [0.15, 0.2) is 0 Å². The standard InChI is InChI=1S/C15H17FN2O2/c16-12-4-2-11(3-5-12)9-18-13(19)8-15(14(18)20)6-1-7-17-10-15/h2-5,17H,1,6-10H2/t15-/m0/s1. The fourth-order valence-electron chi connectivity index (χ4n) is 3.09. The van der Waals surface area contributed by atoms with E-state index in [0.29, 0.717) is 13.0 Å². The summed E-state index contributed by atoms with van der Waals surface area (Å²) in [4.78, 5) is 26.0. The molecule has 2 fully saturated rings. The van der Waals surface area contributed by atoms with Crippen LogP contribution in [0.4, 0.5) is 4.39 Å². The van der Waals surface area contributed by atoms with Crippen LogP contribution in [0.25, 0.3) is 0 Å². The lowest BCUT2D eigenvalue weighted by Crippen LogP contribution is -2.45. The van der Waals surface area contributed by atoms with Crippen molar-refractivity contribution in [3.8, 4) is 0 Å². The number of carbonyl (C=O) groups is 2. The molecule has 1 N–H and O–H groups in total. The molecule has 0 aliphatic carbocycles. The number of carbonyl (C=O) groups excluding carboxylic acids is 2. The molecule has 1 aromatic carbocycles. The molecule has 1 spiro atoms. The fourth-order valence-corrected chi connectivity index (χ4v) is 3.09. The number of hydrogen-bond acceptors (Lipinski definition) is 3. The van der Waals surface area contributed by atoms with Gasteiger partial charge >= 0.3 is 0 Å². The van der Waals surface area contributed by atoms with Gasteiger partial charge in [0.2, 0.25) is 11.8 Å². The van der Waals surface area contributed by atoms with Crippen LogP contribution in [0.3, 0.4) is 0 Å². The van der Waals surface area contributed by atoms with E-state index < -0.39 is 5.41 Å². The Balaban J connectivity index is 1.78. The number of halogens is 1. The van der Waals surface area contributed by atoms with Crippen LogP contribution in [-0.2, 0) is 16.1 Å². The highest BCUT2D eigenvalue weighted by molar-refractivity contribution is 6.06. The van der Waals surface area contributed by atoms with E-state index in [1.165, 1.54) is 17.0 Å². The lowest BCUT2D eigenvalue weighted by atomic mass is 9.79. The van der Waals surface area contributed by atoms with Gasteiger partial charge < -0.3 is 5.32 Å². The molecule has 0 unspecified atom stereocenters. The quantitative estimate of drug-likeness (QED) is 0.832. The highest BCUT2D eigenvalue weighted by Crippen LogP contribution is 2.39.